The molecule has 0 radical (unpaired) electrons. The van der Waals surface area contributed by atoms with E-state index >= 15 is 0 Å². The maximum absolute atomic E-state index is 6.02. The number of aromatic nitrogens is 2. The second kappa shape index (κ2) is 5.25. The van der Waals surface area contributed by atoms with E-state index in [0.717, 1.165) is 22.5 Å². The number of hydrogen-bond acceptors (Lipinski definition) is 4. The van der Waals surface area contributed by atoms with Crippen LogP contribution in [-0.4, -0.2) is 16.0 Å². The van der Waals surface area contributed by atoms with Gasteiger partial charge in [-0.15, -0.1) is 11.3 Å². The van der Waals surface area contributed by atoms with Gasteiger partial charge in [0.2, 0.25) is 5.28 Å². The van der Waals surface area contributed by atoms with E-state index < -0.39 is 0 Å². The third kappa shape index (κ3) is 3.18. The molecule has 0 aliphatic heterocycles. The van der Waals surface area contributed by atoms with Crippen LogP contribution >= 0.6 is 22.9 Å². The van der Waals surface area contributed by atoms with Gasteiger partial charge in [-0.25, -0.2) is 9.97 Å². The standard InChI is InChI=1S/C14H20ClN3S/c1-6-9-7-10-11(16-8(2)14(3,4)5)17-13(15)18-12(10)19-9/h7-8H,6H2,1-5H3,(H,16,17,18). The molecule has 5 heteroatoms. The summed E-state index contributed by atoms with van der Waals surface area (Å²) in [5.74, 6) is 0.841. The van der Waals surface area contributed by atoms with Crippen molar-refractivity contribution in [2.45, 2.75) is 47.1 Å². The Labute approximate surface area is 123 Å². The first kappa shape index (κ1) is 14.5. The number of nitrogens with zero attached hydrogens (tertiary/aromatic N) is 2. The van der Waals surface area contributed by atoms with Crippen LogP contribution in [0, 0.1) is 5.41 Å². The highest BCUT2D eigenvalue weighted by atomic mass is 35.5. The molecule has 2 aromatic heterocycles. The smallest absolute Gasteiger partial charge is 0.225 e. The third-order valence-electron chi connectivity index (χ3n) is 3.42. The summed E-state index contributed by atoms with van der Waals surface area (Å²) >= 11 is 7.70. The predicted octanol–water partition coefficient (Wildman–Crippen LogP) is 4.75. The van der Waals surface area contributed by atoms with Gasteiger partial charge in [0, 0.05) is 10.9 Å². The van der Waals surface area contributed by atoms with Crippen LogP contribution in [0.3, 0.4) is 0 Å². The van der Waals surface area contributed by atoms with Crippen molar-refractivity contribution in [2.24, 2.45) is 5.41 Å². The number of hydrogen-bond donors (Lipinski definition) is 1. The zero-order chi connectivity index (χ0) is 14.2. The lowest BCUT2D eigenvalue weighted by atomic mass is 9.88. The first-order valence-corrected chi connectivity index (χ1v) is 7.73. The molecule has 0 saturated carbocycles. The summed E-state index contributed by atoms with van der Waals surface area (Å²) in [6.45, 7) is 10.9. The zero-order valence-electron chi connectivity index (χ0n) is 12.0. The van der Waals surface area contributed by atoms with Crippen molar-refractivity contribution in [3.63, 3.8) is 0 Å². The van der Waals surface area contributed by atoms with Crippen LogP contribution in [0.5, 0.6) is 0 Å². The Morgan fingerprint density at radius 3 is 2.63 bits per heavy atom. The molecule has 0 saturated heterocycles. The predicted molar refractivity (Wildman–Crippen MR) is 84.3 cm³/mol. The number of anilines is 1. The van der Waals surface area contributed by atoms with Crippen molar-refractivity contribution in [3.8, 4) is 0 Å². The van der Waals surface area contributed by atoms with Gasteiger partial charge in [0.05, 0.1) is 5.39 Å². The number of rotatable bonds is 3. The van der Waals surface area contributed by atoms with Crippen LogP contribution in [0.1, 0.15) is 39.5 Å². The number of thiophene rings is 1. The van der Waals surface area contributed by atoms with Crippen molar-refractivity contribution in [1.29, 1.82) is 0 Å². The first-order chi connectivity index (χ1) is 8.81. The Morgan fingerprint density at radius 1 is 1.37 bits per heavy atom. The summed E-state index contributed by atoms with van der Waals surface area (Å²) in [7, 11) is 0. The highest BCUT2D eigenvalue weighted by Gasteiger charge is 2.21. The van der Waals surface area contributed by atoms with E-state index in [9.17, 15) is 0 Å². The molecule has 0 amide bonds. The molecule has 2 rings (SSSR count). The van der Waals surface area contributed by atoms with Gasteiger partial charge in [0.1, 0.15) is 10.6 Å². The molecule has 0 spiro atoms. The Morgan fingerprint density at radius 2 is 2.05 bits per heavy atom. The number of aryl methyl sites for hydroxylation is 1. The molecule has 0 aliphatic carbocycles. The summed E-state index contributed by atoms with van der Waals surface area (Å²) in [5.41, 5.74) is 0.160. The highest BCUT2D eigenvalue weighted by molar-refractivity contribution is 7.18. The fraction of sp³-hybridized carbons (Fsp3) is 0.571. The van der Waals surface area contributed by atoms with Gasteiger partial charge in [0.25, 0.3) is 0 Å². The van der Waals surface area contributed by atoms with Crippen LogP contribution in [0.4, 0.5) is 5.82 Å². The van der Waals surface area contributed by atoms with Crippen LogP contribution < -0.4 is 5.32 Å². The van der Waals surface area contributed by atoms with E-state index in [1.165, 1.54) is 4.88 Å². The quantitative estimate of drug-likeness (QED) is 0.831. The molecular formula is C14H20ClN3S. The van der Waals surface area contributed by atoms with Crippen molar-refractivity contribution in [1.82, 2.24) is 9.97 Å². The molecule has 2 heterocycles. The van der Waals surface area contributed by atoms with E-state index in [1.807, 2.05) is 0 Å². The van der Waals surface area contributed by atoms with Crippen molar-refractivity contribution in [3.05, 3.63) is 16.2 Å². The SMILES string of the molecule is CCc1cc2c(NC(C)C(C)(C)C)nc(Cl)nc2s1. The maximum atomic E-state index is 6.02. The maximum Gasteiger partial charge on any atom is 0.225 e. The lowest BCUT2D eigenvalue weighted by Crippen LogP contribution is -2.31. The second-order valence-corrected chi connectivity index (χ2v) is 7.31. The number of nitrogens with one attached hydrogen (secondary N) is 1. The van der Waals surface area contributed by atoms with Crippen molar-refractivity contribution < 1.29 is 0 Å². The minimum atomic E-state index is 0.160. The van der Waals surface area contributed by atoms with Gasteiger partial charge < -0.3 is 5.32 Å². The Hall–Kier alpha value is -0.870. The summed E-state index contributed by atoms with van der Waals surface area (Å²) in [4.78, 5) is 10.9. The van der Waals surface area contributed by atoms with Crippen LogP contribution in [0.2, 0.25) is 5.28 Å². The lowest BCUT2D eigenvalue weighted by Gasteiger charge is -2.28. The molecule has 2 aromatic rings. The Balaban J connectivity index is 2.44. The van der Waals surface area contributed by atoms with Gasteiger partial charge in [0.15, 0.2) is 0 Å². The molecule has 0 bridgehead atoms. The molecular weight excluding hydrogens is 278 g/mol. The number of halogens is 1. The van der Waals surface area contributed by atoms with Gasteiger partial charge in [-0.1, -0.05) is 27.7 Å². The molecule has 1 unspecified atom stereocenters. The summed E-state index contributed by atoms with van der Waals surface area (Å²) < 4.78 is 0. The van der Waals surface area contributed by atoms with Gasteiger partial charge >= 0.3 is 0 Å². The van der Waals surface area contributed by atoms with E-state index in [2.05, 4.69) is 56.0 Å². The molecule has 0 aromatic carbocycles. The van der Waals surface area contributed by atoms with Crippen molar-refractivity contribution in [2.75, 3.05) is 5.32 Å². The van der Waals surface area contributed by atoms with Gasteiger partial charge in [-0.2, -0.15) is 0 Å². The fourth-order valence-corrected chi connectivity index (χ4v) is 2.84. The Bertz CT molecular complexity index is 586. The summed E-state index contributed by atoms with van der Waals surface area (Å²) in [6.07, 6.45) is 1.01. The van der Waals surface area contributed by atoms with Crippen LogP contribution in [-0.2, 0) is 6.42 Å². The molecule has 104 valence electrons. The normalized spacial score (nSPS) is 13.8. The largest absolute Gasteiger partial charge is 0.366 e. The fourth-order valence-electron chi connectivity index (χ4n) is 1.65. The highest BCUT2D eigenvalue weighted by Crippen LogP contribution is 2.32. The monoisotopic (exact) mass is 297 g/mol. The van der Waals surface area contributed by atoms with E-state index in [4.69, 9.17) is 11.6 Å². The van der Waals surface area contributed by atoms with Crippen LogP contribution in [0.15, 0.2) is 6.07 Å². The van der Waals surface area contributed by atoms with E-state index in [1.54, 1.807) is 11.3 Å². The Kier molecular flexibility index (Phi) is 4.02. The topological polar surface area (TPSA) is 37.8 Å². The summed E-state index contributed by atoms with van der Waals surface area (Å²) in [6, 6.07) is 2.46. The van der Waals surface area contributed by atoms with Crippen LogP contribution in [0.25, 0.3) is 10.2 Å². The van der Waals surface area contributed by atoms with Crippen molar-refractivity contribution >= 4 is 39.0 Å². The van der Waals surface area contributed by atoms with E-state index in [0.29, 0.717) is 11.3 Å². The molecule has 1 N–H and O–H groups in total. The van der Waals surface area contributed by atoms with E-state index in [-0.39, 0.29) is 5.41 Å². The average molecular weight is 298 g/mol. The minimum absolute atomic E-state index is 0.160. The molecule has 1 atom stereocenters. The zero-order valence-corrected chi connectivity index (χ0v) is 13.6. The number of fused-ring (bicyclic) bond motifs is 1. The molecule has 0 fully saturated rings. The second-order valence-electron chi connectivity index (χ2n) is 5.86. The third-order valence-corrected chi connectivity index (χ3v) is 4.76. The minimum Gasteiger partial charge on any atom is -0.366 e. The lowest BCUT2D eigenvalue weighted by molar-refractivity contribution is 0.359. The summed E-state index contributed by atoms with van der Waals surface area (Å²) in [5, 5.41) is 4.85. The van der Waals surface area contributed by atoms with Gasteiger partial charge in [-0.3, -0.25) is 0 Å². The average Bonchev–Trinajstić information content (AvgIpc) is 2.70. The van der Waals surface area contributed by atoms with Gasteiger partial charge in [-0.05, 0) is 36.4 Å². The molecule has 3 nitrogen and oxygen atoms in total. The molecule has 19 heavy (non-hydrogen) atoms. The molecule has 0 aliphatic rings. The first-order valence-electron chi connectivity index (χ1n) is 6.53.